The predicted octanol–water partition coefficient (Wildman–Crippen LogP) is 1.53. The molecule has 19 heavy (non-hydrogen) atoms. The zero-order chi connectivity index (χ0) is 12.7. The Morgan fingerprint density at radius 3 is 2.32 bits per heavy atom. The molecule has 0 aliphatic rings. The first-order valence-electron chi connectivity index (χ1n) is 5.62. The van der Waals surface area contributed by atoms with E-state index in [1.54, 1.807) is 0 Å². The van der Waals surface area contributed by atoms with Crippen molar-refractivity contribution in [3.8, 4) is 20.1 Å². The van der Waals surface area contributed by atoms with Crippen LogP contribution in [0.2, 0.25) is 0 Å². The van der Waals surface area contributed by atoms with Crippen LogP contribution in [0.15, 0.2) is 40.3 Å². The van der Waals surface area contributed by atoms with Gasteiger partial charge in [-0.2, -0.15) is 0 Å². The van der Waals surface area contributed by atoms with Crippen molar-refractivity contribution in [1.82, 2.24) is 12.9 Å². The number of fused-ring (bicyclic) bond motifs is 1. The second-order valence-corrected chi connectivity index (χ2v) is 9.02. The van der Waals surface area contributed by atoms with Gasteiger partial charge >= 0.3 is 128 Å². The molecule has 4 aromatic heterocycles. The first-order valence-corrected chi connectivity index (χ1v) is 10.8. The standard InChI is InChI=1S/C13H7N3Se3/c1-3-9(17-5-1)8-7-14-12(10-4-2-6-18-10)13-11(8)15-19-16-13/h1-7H. The van der Waals surface area contributed by atoms with Crippen molar-refractivity contribution in [3.63, 3.8) is 0 Å². The molecule has 0 aliphatic carbocycles. The maximum atomic E-state index is 4.68. The van der Waals surface area contributed by atoms with Gasteiger partial charge in [0.2, 0.25) is 0 Å². The summed E-state index contributed by atoms with van der Waals surface area (Å²) in [4.78, 5) is 9.13. The van der Waals surface area contributed by atoms with Gasteiger partial charge in [-0.15, -0.1) is 0 Å². The summed E-state index contributed by atoms with van der Waals surface area (Å²) in [5.41, 5.74) is 4.33. The number of hydrogen-bond acceptors (Lipinski definition) is 3. The maximum absolute atomic E-state index is 4.68. The van der Waals surface area contributed by atoms with Crippen LogP contribution in [0, 0.1) is 0 Å². The number of pyridine rings is 1. The molecule has 4 heterocycles. The molecule has 0 saturated heterocycles. The van der Waals surface area contributed by atoms with Crippen LogP contribution in [0.4, 0.5) is 0 Å². The average Bonchev–Trinajstić information content (AvgIpc) is 3.19. The topological polar surface area (TPSA) is 38.7 Å². The third-order valence-corrected chi connectivity index (χ3v) is 7.67. The Morgan fingerprint density at radius 1 is 0.842 bits per heavy atom. The van der Waals surface area contributed by atoms with E-state index in [4.69, 9.17) is 0 Å². The van der Waals surface area contributed by atoms with E-state index in [-0.39, 0.29) is 15.0 Å². The van der Waals surface area contributed by atoms with Crippen molar-refractivity contribution in [2.24, 2.45) is 0 Å². The van der Waals surface area contributed by atoms with E-state index >= 15 is 0 Å². The summed E-state index contributed by atoms with van der Waals surface area (Å²) in [5, 5.41) is 0. The Hall–Kier alpha value is -0.732. The Bertz CT molecular complexity index is 748. The summed E-state index contributed by atoms with van der Waals surface area (Å²) in [5.74, 6) is 0. The summed E-state index contributed by atoms with van der Waals surface area (Å²) < 4.78 is 11.9. The normalized spacial score (nSPS) is 11.2. The minimum atomic E-state index is -0.00590. The van der Waals surface area contributed by atoms with Gasteiger partial charge in [-0.25, -0.2) is 0 Å². The third-order valence-electron chi connectivity index (χ3n) is 2.83. The minimum absolute atomic E-state index is 0.00590. The van der Waals surface area contributed by atoms with E-state index in [2.05, 4.69) is 47.1 Å². The van der Waals surface area contributed by atoms with Gasteiger partial charge in [-0.05, 0) is 0 Å². The van der Waals surface area contributed by atoms with Crippen LogP contribution in [-0.2, 0) is 0 Å². The first kappa shape index (κ1) is 12.0. The quantitative estimate of drug-likeness (QED) is 0.443. The van der Waals surface area contributed by atoms with Crippen LogP contribution in [0.3, 0.4) is 0 Å². The van der Waals surface area contributed by atoms with E-state index in [9.17, 15) is 0 Å². The van der Waals surface area contributed by atoms with Gasteiger partial charge in [-0.3, -0.25) is 0 Å². The van der Waals surface area contributed by atoms with Crippen LogP contribution in [0.5, 0.6) is 0 Å². The second kappa shape index (κ2) is 4.99. The van der Waals surface area contributed by atoms with Gasteiger partial charge < -0.3 is 0 Å². The zero-order valence-corrected chi connectivity index (χ0v) is 14.7. The third kappa shape index (κ3) is 2.05. The predicted molar refractivity (Wildman–Crippen MR) is 79.0 cm³/mol. The van der Waals surface area contributed by atoms with E-state index < -0.39 is 0 Å². The molecule has 0 saturated carbocycles. The number of nitrogens with zero attached hydrogens (tertiary/aromatic N) is 3. The summed E-state index contributed by atoms with van der Waals surface area (Å²) in [6.07, 6.45) is 1.99. The van der Waals surface area contributed by atoms with Crippen molar-refractivity contribution in [2.45, 2.75) is 0 Å². The van der Waals surface area contributed by atoms with Gasteiger partial charge in [0.1, 0.15) is 0 Å². The fourth-order valence-corrected chi connectivity index (χ4v) is 6.22. The van der Waals surface area contributed by atoms with Crippen molar-refractivity contribution in [1.29, 1.82) is 0 Å². The molecule has 4 aromatic rings. The summed E-state index contributed by atoms with van der Waals surface area (Å²) >= 11 is 0.805. The van der Waals surface area contributed by atoms with Gasteiger partial charge in [0.05, 0.1) is 0 Å². The molecule has 4 rings (SSSR count). The fourth-order valence-electron chi connectivity index (χ4n) is 1.98. The molecule has 92 valence electrons. The van der Waals surface area contributed by atoms with Gasteiger partial charge in [0.15, 0.2) is 0 Å². The summed E-state index contributed by atoms with van der Waals surface area (Å²) in [6, 6.07) is 8.57. The van der Waals surface area contributed by atoms with Gasteiger partial charge in [0.25, 0.3) is 0 Å². The second-order valence-electron chi connectivity index (χ2n) is 3.94. The van der Waals surface area contributed by atoms with Crippen molar-refractivity contribution < 1.29 is 0 Å². The molecule has 0 N–H and O–H groups in total. The molecular formula is C13H7N3Se3. The van der Waals surface area contributed by atoms with Gasteiger partial charge in [0, 0.05) is 0 Å². The van der Waals surface area contributed by atoms with E-state index in [0.717, 1.165) is 16.7 Å². The van der Waals surface area contributed by atoms with Crippen LogP contribution >= 0.6 is 0 Å². The Labute approximate surface area is 128 Å². The molecule has 0 unspecified atom stereocenters. The number of hydrogen-bond donors (Lipinski definition) is 0. The first-order chi connectivity index (χ1) is 9.43. The molecule has 0 atom stereocenters. The zero-order valence-electron chi connectivity index (χ0n) is 9.61. The molecule has 0 amide bonds. The number of rotatable bonds is 2. The van der Waals surface area contributed by atoms with Crippen molar-refractivity contribution in [2.75, 3.05) is 0 Å². The molecule has 6 heteroatoms. The molecule has 0 spiro atoms. The van der Waals surface area contributed by atoms with Crippen LogP contribution in [-0.4, -0.2) is 56.9 Å². The Kier molecular flexibility index (Phi) is 3.16. The monoisotopic (exact) mass is 445 g/mol. The van der Waals surface area contributed by atoms with E-state index in [1.807, 2.05) is 6.20 Å². The Morgan fingerprint density at radius 2 is 1.58 bits per heavy atom. The van der Waals surface area contributed by atoms with Crippen LogP contribution in [0.25, 0.3) is 31.2 Å². The van der Waals surface area contributed by atoms with Crippen molar-refractivity contribution in [3.05, 3.63) is 40.3 Å². The molecule has 0 fully saturated rings. The molecule has 0 bridgehead atoms. The molecule has 3 nitrogen and oxygen atoms in total. The molecule has 0 aromatic carbocycles. The molecule has 0 radical (unpaired) electrons. The van der Waals surface area contributed by atoms with E-state index in [1.165, 1.54) is 14.4 Å². The summed E-state index contributed by atoms with van der Waals surface area (Å²) in [7, 11) is 0. The van der Waals surface area contributed by atoms with Crippen molar-refractivity contribution >= 4 is 55.0 Å². The molecular weight excluding hydrogens is 435 g/mol. The number of aromatic nitrogens is 3. The van der Waals surface area contributed by atoms with E-state index in [0.29, 0.717) is 29.0 Å². The van der Waals surface area contributed by atoms with Crippen LogP contribution in [0.1, 0.15) is 0 Å². The summed E-state index contributed by atoms with van der Waals surface area (Å²) in [6.45, 7) is 0. The SMILES string of the molecule is c1c[se]c(-c2cnc(-c3ccc[se]3)c3n[se]nc23)c1. The molecule has 0 aliphatic heterocycles. The van der Waals surface area contributed by atoms with Crippen LogP contribution < -0.4 is 0 Å². The fraction of sp³-hybridized carbons (Fsp3) is 0. The average molecular weight is 442 g/mol. The van der Waals surface area contributed by atoms with Gasteiger partial charge in [-0.1, -0.05) is 0 Å². The Balaban J connectivity index is 2.01.